The van der Waals surface area contributed by atoms with Crippen molar-refractivity contribution >= 4 is 17.5 Å². The van der Waals surface area contributed by atoms with E-state index in [1.54, 1.807) is 0 Å². The molecule has 1 rings (SSSR count). The van der Waals surface area contributed by atoms with Crippen LogP contribution in [0.2, 0.25) is 0 Å². The van der Waals surface area contributed by atoms with E-state index in [9.17, 15) is 27.6 Å². The molecule has 0 spiro atoms. The first-order valence-electron chi connectivity index (χ1n) is 4.69. The highest BCUT2D eigenvalue weighted by molar-refractivity contribution is 6.37. The van der Waals surface area contributed by atoms with E-state index >= 15 is 0 Å². The lowest BCUT2D eigenvalue weighted by molar-refractivity contribution is -0.148. The number of rotatable bonds is 4. The molecular weight excluding hydrogens is 253 g/mol. The molecule has 0 aliphatic rings. The zero-order valence-electron chi connectivity index (χ0n) is 9.09. The standard InChI is InChI=1S/C11H7F3O4/c1-4-9(5(12)2-6(13)10(4)14)7(15)3-8(16)11(17)18/h2H,3H2,1H3,(H,17,18). The molecule has 1 aromatic carbocycles. The van der Waals surface area contributed by atoms with E-state index in [1.807, 2.05) is 0 Å². The summed E-state index contributed by atoms with van der Waals surface area (Å²) in [5.74, 6) is -8.74. The first-order chi connectivity index (χ1) is 8.25. The lowest BCUT2D eigenvalue weighted by Gasteiger charge is -2.07. The maximum atomic E-state index is 13.3. The highest BCUT2D eigenvalue weighted by Crippen LogP contribution is 2.21. The summed E-state index contributed by atoms with van der Waals surface area (Å²) >= 11 is 0. The Balaban J connectivity index is 3.18. The lowest BCUT2D eigenvalue weighted by Crippen LogP contribution is -2.19. The second-order valence-corrected chi connectivity index (χ2v) is 3.48. The van der Waals surface area contributed by atoms with Crippen LogP contribution in [0.1, 0.15) is 22.3 Å². The number of aliphatic carboxylic acids is 1. The first kappa shape index (κ1) is 13.9. The first-order valence-corrected chi connectivity index (χ1v) is 4.69. The third-order valence-electron chi connectivity index (χ3n) is 2.24. The molecule has 0 fully saturated rings. The third kappa shape index (κ3) is 2.55. The van der Waals surface area contributed by atoms with Crippen LogP contribution in [0.25, 0.3) is 0 Å². The number of carbonyl (C=O) groups excluding carboxylic acids is 2. The van der Waals surface area contributed by atoms with Gasteiger partial charge in [0.25, 0.3) is 0 Å². The van der Waals surface area contributed by atoms with Gasteiger partial charge in [-0.2, -0.15) is 0 Å². The van der Waals surface area contributed by atoms with Gasteiger partial charge in [0, 0.05) is 11.6 Å². The fourth-order valence-electron chi connectivity index (χ4n) is 1.37. The molecule has 96 valence electrons. The maximum absolute atomic E-state index is 13.3. The van der Waals surface area contributed by atoms with Gasteiger partial charge < -0.3 is 5.11 Å². The van der Waals surface area contributed by atoms with Crippen LogP contribution in [0.15, 0.2) is 6.07 Å². The summed E-state index contributed by atoms with van der Waals surface area (Å²) in [5, 5.41) is 8.29. The molecule has 0 heterocycles. The van der Waals surface area contributed by atoms with Crippen molar-refractivity contribution in [2.24, 2.45) is 0 Å². The fraction of sp³-hybridized carbons (Fsp3) is 0.182. The van der Waals surface area contributed by atoms with E-state index in [0.717, 1.165) is 6.92 Å². The second kappa shape index (κ2) is 4.99. The Morgan fingerprint density at radius 2 is 1.72 bits per heavy atom. The molecule has 7 heteroatoms. The van der Waals surface area contributed by atoms with Gasteiger partial charge >= 0.3 is 5.97 Å². The minimum absolute atomic E-state index is 0.167. The Bertz CT molecular complexity index is 552. The van der Waals surface area contributed by atoms with Crippen molar-refractivity contribution in [1.29, 1.82) is 0 Å². The number of carbonyl (C=O) groups is 3. The number of carboxylic acid groups (broad SMARTS) is 1. The fourth-order valence-corrected chi connectivity index (χ4v) is 1.37. The quantitative estimate of drug-likeness (QED) is 0.386. The normalized spacial score (nSPS) is 10.2. The Hall–Kier alpha value is -2.18. The Labute approximate surface area is 99.0 Å². The van der Waals surface area contributed by atoms with E-state index < -0.39 is 52.5 Å². The van der Waals surface area contributed by atoms with Crippen LogP contribution in [0, 0.1) is 24.4 Å². The molecule has 0 saturated carbocycles. The minimum atomic E-state index is -1.86. The molecule has 4 nitrogen and oxygen atoms in total. The van der Waals surface area contributed by atoms with Gasteiger partial charge in [0.05, 0.1) is 12.0 Å². The smallest absolute Gasteiger partial charge is 0.372 e. The summed E-state index contributed by atoms with van der Waals surface area (Å²) in [5.41, 5.74) is -1.42. The van der Waals surface area contributed by atoms with Crippen molar-refractivity contribution in [1.82, 2.24) is 0 Å². The number of hydrogen-bond donors (Lipinski definition) is 1. The minimum Gasteiger partial charge on any atom is -0.475 e. The molecule has 1 aromatic rings. The number of ketones is 2. The van der Waals surface area contributed by atoms with Gasteiger partial charge in [-0.1, -0.05) is 0 Å². The van der Waals surface area contributed by atoms with Crippen LogP contribution in [0.3, 0.4) is 0 Å². The SMILES string of the molecule is Cc1c(F)c(F)cc(F)c1C(=O)CC(=O)C(=O)O. The number of benzene rings is 1. The molecule has 0 aliphatic heterocycles. The molecule has 0 amide bonds. The zero-order valence-corrected chi connectivity index (χ0v) is 9.09. The van der Waals surface area contributed by atoms with Gasteiger partial charge in [-0.15, -0.1) is 0 Å². The average molecular weight is 260 g/mol. The number of hydrogen-bond acceptors (Lipinski definition) is 3. The lowest BCUT2D eigenvalue weighted by atomic mass is 9.99. The van der Waals surface area contributed by atoms with E-state index in [0.29, 0.717) is 0 Å². The van der Waals surface area contributed by atoms with Crippen LogP contribution >= 0.6 is 0 Å². The van der Waals surface area contributed by atoms with Crippen molar-refractivity contribution in [3.63, 3.8) is 0 Å². The van der Waals surface area contributed by atoms with Crippen molar-refractivity contribution in [2.75, 3.05) is 0 Å². The summed E-state index contributed by atoms with van der Waals surface area (Å²) in [7, 11) is 0. The summed E-state index contributed by atoms with van der Waals surface area (Å²) in [6.45, 7) is 0.958. The zero-order chi connectivity index (χ0) is 14.0. The number of Topliss-reactive ketones (excluding diaryl/α,β-unsaturated/α-hetero) is 2. The summed E-state index contributed by atoms with van der Waals surface area (Å²) in [6.07, 6.45) is -1.11. The second-order valence-electron chi connectivity index (χ2n) is 3.48. The van der Waals surface area contributed by atoms with Gasteiger partial charge in [-0.05, 0) is 6.92 Å². The van der Waals surface area contributed by atoms with E-state index in [-0.39, 0.29) is 6.07 Å². The molecule has 1 N–H and O–H groups in total. The van der Waals surface area contributed by atoms with Gasteiger partial charge in [0.1, 0.15) is 5.82 Å². The van der Waals surface area contributed by atoms with Gasteiger partial charge in [-0.3, -0.25) is 9.59 Å². The van der Waals surface area contributed by atoms with Crippen molar-refractivity contribution in [3.05, 3.63) is 34.6 Å². The molecule has 0 aromatic heterocycles. The highest BCUT2D eigenvalue weighted by atomic mass is 19.2. The van der Waals surface area contributed by atoms with Crippen LogP contribution in [0.5, 0.6) is 0 Å². The summed E-state index contributed by atoms with van der Waals surface area (Å²) in [4.78, 5) is 32.5. The third-order valence-corrected chi connectivity index (χ3v) is 2.24. The van der Waals surface area contributed by atoms with E-state index in [2.05, 4.69) is 0 Å². The summed E-state index contributed by atoms with van der Waals surface area (Å²) < 4.78 is 39.2. The Morgan fingerprint density at radius 3 is 2.22 bits per heavy atom. The highest BCUT2D eigenvalue weighted by Gasteiger charge is 2.24. The maximum Gasteiger partial charge on any atom is 0.372 e. The number of carboxylic acids is 1. The van der Waals surface area contributed by atoms with E-state index in [1.165, 1.54) is 0 Å². The summed E-state index contributed by atoms with van der Waals surface area (Å²) in [6, 6.07) is 0.167. The molecule has 0 atom stereocenters. The predicted octanol–water partition coefficient (Wildman–Crippen LogP) is 1.64. The number of halogens is 3. The topological polar surface area (TPSA) is 71.4 Å². The predicted molar refractivity (Wildman–Crippen MR) is 52.6 cm³/mol. The molecule has 0 unspecified atom stereocenters. The molecule has 0 bridgehead atoms. The van der Waals surface area contributed by atoms with Crippen molar-refractivity contribution in [3.8, 4) is 0 Å². The van der Waals surface area contributed by atoms with Crippen LogP contribution < -0.4 is 0 Å². The van der Waals surface area contributed by atoms with Crippen LogP contribution in [-0.2, 0) is 9.59 Å². The van der Waals surface area contributed by atoms with E-state index in [4.69, 9.17) is 5.11 Å². The molecular formula is C11H7F3O4. The van der Waals surface area contributed by atoms with Crippen molar-refractivity contribution in [2.45, 2.75) is 13.3 Å². The Kier molecular flexibility index (Phi) is 3.85. The Morgan fingerprint density at radius 1 is 1.17 bits per heavy atom. The molecule has 18 heavy (non-hydrogen) atoms. The van der Waals surface area contributed by atoms with Crippen molar-refractivity contribution < 1.29 is 32.7 Å². The molecule has 0 saturated heterocycles. The van der Waals surface area contributed by atoms with Crippen LogP contribution in [-0.4, -0.2) is 22.6 Å². The van der Waals surface area contributed by atoms with Gasteiger partial charge in [-0.25, -0.2) is 18.0 Å². The molecule has 0 radical (unpaired) electrons. The molecule has 0 aliphatic carbocycles. The monoisotopic (exact) mass is 260 g/mol. The van der Waals surface area contributed by atoms with Gasteiger partial charge in [0.2, 0.25) is 5.78 Å². The van der Waals surface area contributed by atoms with Crippen LogP contribution in [0.4, 0.5) is 13.2 Å². The average Bonchev–Trinajstić information content (AvgIpc) is 2.25. The largest absolute Gasteiger partial charge is 0.475 e. The van der Waals surface area contributed by atoms with Gasteiger partial charge in [0.15, 0.2) is 17.4 Å².